The van der Waals surface area contributed by atoms with Crippen molar-refractivity contribution in [2.24, 2.45) is 0 Å². The summed E-state index contributed by atoms with van der Waals surface area (Å²) in [5.41, 5.74) is 7.65. The fraction of sp³-hybridized carbons (Fsp3) is 0.267. The number of imidazole rings is 1. The highest BCUT2D eigenvalue weighted by atomic mass is 16.5. The van der Waals surface area contributed by atoms with Crippen molar-refractivity contribution in [2.75, 3.05) is 5.73 Å². The number of aryl methyl sites for hydroxylation is 1. The summed E-state index contributed by atoms with van der Waals surface area (Å²) in [6.07, 6.45) is 7.33. The molecule has 0 radical (unpaired) electrons. The second-order valence-electron chi connectivity index (χ2n) is 4.88. The van der Waals surface area contributed by atoms with E-state index in [1.165, 1.54) is 0 Å². The van der Waals surface area contributed by atoms with Crippen LogP contribution in [0.1, 0.15) is 24.8 Å². The third-order valence-corrected chi connectivity index (χ3v) is 3.19. The molecule has 0 aliphatic carbocycles. The van der Waals surface area contributed by atoms with Crippen LogP contribution in [0.3, 0.4) is 0 Å². The van der Waals surface area contributed by atoms with Gasteiger partial charge < -0.3 is 14.8 Å². The number of nitrogens with zero attached hydrogens (tertiary/aromatic N) is 4. The van der Waals surface area contributed by atoms with E-state index in [0.29, 0.717) is 12.4 Å². The minimum absolute atomic E-state index is 0.479. The highest BCUT2D eigenvalue weighted by Crippen LogP contribution is 2.20. The quantitative estimate of drug-likeness (QED) is 0.778. The van der Waals surface area contributed by atoms with Crippen molar-refractivity contribution in [3.05, 3.63) is 48.2 Å². The SMILES string of the molecule is CCCc1cc(Cn2ccnc2-c2ccnc(N)c2)on1. The van der Waals surface area contributed by atoms with Crippen molar-refractivity contribution in [3.8, 4) is 11.4 Å². The molecule has 3 aromatic heterocycles. The van der Waals surface area contributed by atoms with E-state index in [9.17, 15) is 0 Å². The van der Waals surface area contributed by atoms with E-state index in [2.05, 4.69) is 22.0 Å². The maximum Gasteiger partial charge on any atom is 0.156 e. The monoisotopic (exact) mass is 283 g/mol. The molecule has 0 atom stereocenters. The lowest BCUT2D eigenvalue weighted by atomic mass is 10.2. The number of hydrogen-bond acceptors (Lipinski definition) is 5. The van der Waals surface area contributed by atoms with Crippen LogP contribution >= 0.6 is 0 Å². The summed E-state index contributed by atoms with van der Waals surface area (Å²) in [4.78, 5) is 8.38. The lowest BCUT2D eigenvalue weighted by Crippen LogP contribution is -2.01. The highest BCUT2D eigenvalue weighted by molar-refractivity contribution is 5.58. The van der Waals surface area contributed by atoms with Gasteiger partial charge in [0.15, 0.2) is 5.76 Å². The normalized spacial score (nSPS) is 10.9. The van der Waals surface area contributed by atoms with Crippen molar-refractivity contribution >= 4 is 5.82 Å². The van der Waals surface area contributed by atoms with Crippen LogP contribution in [-0.2, 0) is 13.0 Å². The molecule has 0 spiro atoms. The van der Waals surface area contributed by atoms with Crippen LogP contribution in [0.2, 0.25) is 0 Å². The zero-order valence-corrected chi connectivity index (χ0v) is 11.9. The van der Waals surface area contributed by atoms with E-state index in [0.717, 1.165) is 35.7 Å². The van der Waals surface area contributed by atoms with Crippen LogP contribution < -0.4 is 5.73 Å². The molecule has 0 saturated carbocycles. The van der Waals surface area contributed by atoms with Crippen LogP contribution in [0.15, 0.2) is 41.3 Å². The molecule has 0 unspecified atom stereocenters. The first-order chi connectivity index (χ1) is 10.3. The molecule has 0 aliphatic heterocycles. The second-order valence-corrected chi connectivity index (χ2v) is 4.88. The predicted octanol–water partition coefficient (Wildman–Crippen LogP) is 2.52. The van der Waals surface area contributed by atoms with Gasteiger partial charge in [-0.25, -0.2) is 9.97 Å². The minimum atomic E-state index is 0.479. The lowest BCUT2D eigenvalue weighted by Gasteiger charge is -2.05. The first-order valence-corrected chi connectivity index (χ1v) is 6.93. The molecule has 2 N–H and O–H groups in total. The van der Waals surface area contributed by atoms with Crippen molar-refractivity contribution in [1.29, 1.82) is 0 Å². The maximum atomic E-state index is 5.73. The zero-order valence-electron chi connectivity index (χ0n) is 11.9. The Bertz CT molecular complexity index is 731. The fourth-order valence-electron chi connectivity index (χ4n) is 2.26. The van der Waals surface area contributed by atoms with Gasteiger partial charge in [-0.05, 0) is 18.6 Å². The molecule has 0 amide bonds. The Morgan fingerprint density at radius 2 is 2.14 bits per heavy atom. The van der Waals surface area contributed by atoms with Crippen LogP contribution in [-0.4, -0.2) is 19.7 Å². The van der Waals surface area contributed by atoms with Crippen LogP contribution in [0.4, 0.5) is 5.82 Å². The number of anilines is 1. The van der Waals surface area contributed by atoms with Crippen molar-refractivity contribution in [1.82, 2.24) is 19.7 Å². The van der Waals surface area contributed by atoms with Crippen LogP contribution in [0.25, 0.3) is 11.4 Å². The second kappa shape index (κ2) is 5.78. The smallest absolute Gasteiger partial charge is 0.156 e. The Morgan fingerprint density at radius 1 is 1.24 bits per heavy atom. The maximum absolute atomic E-state index is 5.73. The molecule has 108 valence electrons. The molecule has 0 aromatic carbocycles. The van der Waals surface area contributed by atoms with Gasteiger partial charge in [0.05, 0.1) is 12.2 Å². The van der Waals surface area contributed by atoms with Gasteiger partial charge in [-0.1, -0.05) is 18.5 Å². The molecule has 3 heterocycles. The van der Waals surface area contributed by atoms with Gasteiger partial charge in [0.25, 0.3) is 0 Å². The van der Waals surface area contributed by atoms with E-state index in [4.69, 9.17) is 10.3 Å². The first-order valence-electron chi connectivity index (χ1n) is 6.93. The lowest BCUT2D eigenvalue weighted by molar-refractivity contribution is 0.371. The summed E-state index contributed by atoms with van der Waals surface area (Å²) in [6, 6.07) is 5.69. The van der Waals surface area contributed by atoms with Crippen LogP contribution in [0, 0.1) is 0 Å². The number of nitrogens with two attached hydrogens (primary N) is 1. The van der Waals surface area contributed by atoms with Gasteiger partial charge in [0.2, 0.25) is 0 Å². The van der Waals surface area contributed by atoms with E-state index < -0.39 is 0 Å². The number of aromatic nitrogens is 4. The molecular weight excluding hydrogens is 266 g/mol. The summed E-state index contributed by atoms with van der Waals surface area (Å²) < 4.78 is 7.37. The average molecular weight is 283 g/mol. The molecule has 0 bridgehead atoms. The predicted molar refractivity (Wildman–Crippen MR) is 79.5 cm³/mol. The Morgan fingerprint density at radius 3 is 2.95 bits per heavy atom. The van der Waals surface area contributed by atoms with Crippen molar-refractivity contribution in [2.45, 2.75) is 26.3 Å². The van der Waals surface area contributed by atoms with Gasteiger partial charge in [0.1, 0.15) is 11.6 Å². The van der Waals surface area contributed by atoms with Crippen LogP contribution in [0.5, 0.6) is 0 Å². The molecule has 0 fully saturated rings. The molecule has 6 heteroatoms. The molecule has 0 aliphatic rings. The minimum Gasteiger partial charge on any atom is -0.384 e. The summed E-state index contributed by atoms with van der Waals surface area (Å²) in [7, 11) is 0. The molecule has 0 saturated heterocycles. The third-order valence-electron chi connectivity index (χ3n) is 3.19. The third kappa shape index (κ3) is 2.94. The van der Waals surface area contributed by atoms with Gasteiger partial charge in [-0.15, -0.1) is 0 Å². The van der Waals surface area contributed by atoms with E-state index in [1.807, 2.05) is 29.0 Å². The highest BCUT2D eigenvalue weighted by Gasteiger charge is 2.10. The summed E-state index contributed by atoms with van der Waals surface area (Å²) in [5.74, 6) is 2.13. The van der Waals surface area contributed by atoms with Crippen molar-refractivity contribution in [3.63, 3.8) is 0 Å². The Balaban J connectivity index is 1.85. The van der Waals surface area contributed by atoms with Gasteiger partial charge in [0, 0.05) is 30.2 Å². The number of nitrogen functional groups attached to an aromatic ring is 1. The first kappa shape index (κ1) is 13.4. The van der Waals surface area contributed by atoms with E-state index >= 15 is 0 Å². The van der Waals surface area contributed by atoms with E-state index in [-0.39, 0.29) is 0 Å². The van der Waals surface area contributed by atoms with Gasteiger partial charge >= 0.3 is 0 Å². The molecule has 3 aromatic rings. The van der Waals surface area contributed by atoms with E-state index in [1.54, 1.807) is 12.4 Å². The fourth-order valence-corrected chi connectivity index (χ4v) is 2.26. The molecule has 3 rings (SSSR count). The number of pyridine rings is 1. The Labute approximate surface area is 122 Å². The standard InChI is InChI=1S/C15H17N5O/c1-2-3-12-9-13(21-19-12)10-20-7-6-18-15(20)11-4-5-17-14(16)8-11/h4-9H,2-3,10H2,1H3,(H2,16,17). The van der Waals surface area contributed by atoms with Crippen molar-refractivity contribution < 1.29 is 4.52 Å². The molecule has 21 heavy (non-hydrogen) atoms. The molecule has 6 nitrogen and oxygen atoms in total. The average Bonchev–Trinajstić information content (AvgIpc) is 3.09. The van der Waals surface area contributed by atoms with Gasteiger partial charge in [-0.3, -0.25) is 0 Å². The Hall–Kier alpha value is -2.63. The number of rotatable bonds is 5. The zero-order chi connectivity index (χ0) is 14.7. The summed E-state index contributed by atoms with van der Waals surface area (Å²) in [6.45, 7) is 2.71. The Kier molecular flexibility index (Phi) is 3.68. The van der Waals surface area contributed by atoms with Gasteiger partial charge in [-0.2, -0.15) is 0 Å². The summed E-state index contributed by atoms with van der Waals surface area (Å²) >= 11 is 0. The summed E-state index contributed by atoms with van der Waals surface area (Å²) in [5, 5.41) is 4.06. The number of hydrogen-bond donors (Lipinski definition) is 1. The molecular formula is C15H17N5O. The topological polar surface area (TPSA) is 82.8 Å². The largest absolute Gasteiger partial charge is 0.384 e.